The fourth-order valence-corrected chi connectivity index (χ4v) is 17.0. The van der Waals surface area contributed by atoms with Crippen molar-refractivity contribution in [1.29, 1.82) is 0 Å². The standard InChI is InChI=1S/C24H28N3.C22H24N3.C21H22N3.2C19H18N3/c1-16-11-20-22(27-10-8-7-9-23(27)25-20)13-19(16)21-12-18(14-24(3,4)5)17(2)15-26(21)6;1-14(2)17-11-20(24(5)13-16(17)4)18-12-21-19(10-15(18)3)23-22-8-6-7-9-25(21)22;1-14(2)16-8-10-23(4)19(12-16)17-13-20-18(11-15(17)3)22-21-7-5-6-9-24(20)21;1-13-7-8-17(21(3)12-13)15-11-18-16(10-14(15)2)20-19-6-4-5-9-22(18)19;1-13-7-9-21(3)17(10-13)15-12-18-16(11-14(15)2)20-19-6-4-5-8-22(18)19/h7-13,15H,14H2,1-6H3;6-14H,1-5H3;5-14H,1-4H3;2*4-12H,1-3H3/q5*+1/i;;14D;1D3;. The van der Waals surface area contributed by atoms with E-state index in [1.54, 1.807) is 12.3 Å². The fraction of sp³-hybridized carbons (Fsp3) is 0.238. The molecule has 0 saturated heterocycles. The van der Waals surface area contributed by atoms with Crippen molar-refractivity contribution in [3.63, 3.8) is 0 Å². The molecule has 0 fully saturated rings. The molecule has 120 heavy (non-hydrogen) atoms. The van der Waals surface area contributed by atoms with Gasteiger partial charge in [-0.15, -0.1) is 0 Å². The van der Waals surface area contributed by atoms with Gasteiger partial charge >= 0.3 is 0 Å². The van der Waals surface area contributed by atoms with Crippen LogP contribution in [-0.4, -0.2) is 46.9 Å². The van der Waals surface area contributed by atoms with Crippen molar-refractivity contribution in [2.24, 2.45) is 40.7 Å². The largest absolute Gasteiger partial charge is 0.300 e. The Kier molecular flexibility index (Phi) is 20.4. The Morgan fingerprint density at radius 3 is 1.02 bits per heavy atom. The van der Waals surface area contributed by atoms with E-state index in [4.69, 9.17) is 25.4 Å². The molecule has 0 bridgehead atoms. The average molecular weight is 1590 g/mol. The number of hydrogen-bond acceptors (Lipinski definition) is 5. The van der Waals surface area contributed by atoms with E-state index in [1.807, 2.05) is 130 Å². The highest BCUT2D eigenvalue weighted by atomic mass is 15.0. The molecule has 0 saturated carbocycles. The van der Waals surface area contributed by atoms with Crippen LogP contribution in [0.4, 0.5) is 0 Å². The van der Waals surface area contributed by atoms with Crippen LogP contribution in [0.2, 0.25) is 0 Å². The highest BCUT2D eigenvalue weighted by Gasteiger charge is 2.25. The number of fused-ring (bicyclic) bond motifs is 15. The monoisotopic (exact) mass is 1580 g/mol. The summed E-state index contributed by atoms with van der Waals surface area (Å²) in [5, 5.41) is 0. The molecule has 0 N–H and O–H groups in total. The van der Waals surface area contributed by atoms with Crippen LogP contribution >= 0.6 is 0 Å². The molecule has 0 aliphatic carbocycles. The van der Waals surface area contributed by atoms with E-state index in [0.29, 0.717) is 11.5 Å². The Labute approximate surface area is 709 Å². The first-order valence-electron chi connectivity index (χ1n) is 43.4. The number of hydrogen-bond donors (Lipinski definition) is 0. The lowest BCUT2D eigenvalue weighted by Gasteiger charge is -2.19. The van der Waals surface area contributed by atoms with E-state index in [2.05, 4.69) is 309 Å². The van der Waals surface area contributed by atoms with Crippen molar-refractivity contribution in [3.05, 3.63) is 329 Å². The number of nitrogens with zero attached hydrogens (tertiary/aromatic N) is 15. The van der Waals surface area contributed by atoms with Gasteiger partial charge in [-0.3, -0.25) is 22.0 Å². The highest BCUT2D eigenvalue weighted by Crippen LogP contribution is 2.36. The molecule has 600 valence electrons. The van der Waals surface area contributed by atoms with Crippen LogP contribution in [0.3, 0.4) is 0 Å². The van der Waals surface area contributed by atoms with E-state index < -0.39 is 12.7 Å². The van der Waals surface area contributed by atoms with Crippen LogP contribution in [0.15, 0.2) is 262 Å². The molecular formula is C105H110N15+5. The molecule has 20 rings (SSSR count). The highest BCUT2D eigenvalue weighted by molar-refractivity contribution is 5.91. The molecule has 15 heteroatoms. The van der Waals surface area contributed by atoms with Gasteiger partial charge in [0.25, 0.3) is 0 Å². The summed E-state index contributed by atoms with van der Waals surface area (Å²) in [4.78, 5) is 23.6. The molecule has 0 aliphatic heterocycles. The normalized spacial score (nSPS) is 12.4. The lowest BCUT2D eigenvalue weighted by molar-refractivity contribution is -0.660. The molecular weight excluding hydrogens is 1470 g/mol. The first-order valence-corrected chi connectivity index (χ1v) is 41.4. The summed E-state index contributed by atoms with van der Waals surface area (Å²) in [6.07, 6.45) is 21.7. The SMILES string of the molecule is Cc1c[n+](C)c(-c2cc3c(cc2C)nc2ccccn23)cc1CC(C)(C)C.Cc1cc2nc3ccccn3c2cc1-c1cc(C(C)C)c(C)c[n+]1C.Cc1cc[n+](C)c(-c2cc3c(cc2C)nc2ccccn23)c1.[2H]C(C)(C)c1cc[n+](C)c(-c2cc3c(cc2C)nc2ccccn23)c1.[2H]C([2H])([2H])c1ccc(-c2cc3c(cc2C)nc2ccccn23)[n+](C)c1. The predicted octanol–water partition coefficient (Wildman–Crippen LogP) is 21.5. The third-order valence-electron chi connectivity index (χ3n) is 23.3. The molecule has 5 aromatic carbocycles. The predicted molar refractivity (Wildman–Crippen MR) is 491 cm³/mol. The van der Waals surface area contributed by atoms with Crippen LogP contribution in [0.1, 0.15) is 133 Å². The summed E-state index contributed by atoms with van der Waals surface area (Å²) in [6.45, 7) is 30.4. The van der Waals surface area contributed by atoms with E-state index in [9.17, 15) is 0 Å². The quantitative estimate of drug-likeness (QED) is 0.141. The van der Waals surface area contributed by atoms with Crippen LogP contribution < -0.4 is 22.8 Å². The van der Waals surface area contributed by atoms with Gasteiger partial charge in [0.2, 0.25) is 28.5 Å². The number of benzene rings is 5. The summed E-state index contributed by atoms with van der Waals surface area (Å²) in [6, 6.07) is 69.2. The smallest absolute Gasteiger partial charge is 0.212 e. The Morgan fingerprint density at radius 1 is 0.333 bits per heavy atom. The van der Waals surface area contributed by atoms with Crippen LogP contribution in [-0.2, 0) is 41.7 Å². The number of aryl methyl sites for hydroxylation is 14. The number of pyridine rings is 10. The lowest BCUT2D eigenvalue weighted by atomic mass is 9.86. The van der Waals surface area contributed by atoms with Crippen molar-refractivity contribution < 1.29 is 28.3 Å². The van der Waals surface area contributed by atoms with Crippen LogP contribution in [0, 0.1) is 67.7 Å². The second-order valence-corrected chi connectivity index (χ2v) is 34.3. The maximum atomic E-state index is 8.35. The van der Waals surface area contributed by atoms with Crippen molar-refractivity contribution in [2.45, 2.75) is 129 Å². The lowest BCUT2D eigenvalue weighted by Crippen LogP contribution is -2.32. The Hall–Kier alpha value is -13.4. The van der Waals surface area contributed by atoms with Crippen LogP contribution in [0.25, 0.3) is 140 Å². The first-order chi connectivity index (χ1) is 59.0. The van der Waals surface area contributed by atoms with E-state index in [-0.39, 0.29) is 5.41 Å². The van der Waals surface area contributed by atoms with E-state index in [1.165, 1.54) is 89.4 Å². The second-order valence-electron chi connectivity index (χ2n) is 34.3. The molecule has 0 spiro atoms. The average Bonchev–Trinajstić information content (AvgIpc) is 1.61. The first kappa shape index (κ1) is 75.4. The van der Waals surface area contributed by atoms with Crippen molar-refractivity contribution in [1.82, 2.24) is 46.9 Å². The molecule has 15 heterocycles. The number of rotatable bonds is 8. The van der Waals surface area contributed by atoms with Gasteiger partial charge in [-0.1, -0.05) is 78.8 Å². The topological polar surface area (TPSA) is 106 Å². The molecule has 15 nitrogen and oxygen atoms in total. The summed E-state index contributed by atoms with van der Waals surface area (Å²) < 4.78 is 52.4. The molecule has 0 radical (unpaired) electrons. The third kappa shape index (κ3) is 15.9. The molecule has 0 unspecified atom stereocenters. The summed E-state index contributed by atoms with van der Waals surface area (Å²) in [5.41, 5.74) is 41.9. The van der Waals surface area contributed by atoms with Gasteiger partial charge in [0, 0.05) is 95.6 Å². The zero-order chi connectivity index (χ0) is 87.9. The van der Waals surface area contributed by atoms with E-state index >= 15 is 0 Å². The minimum atomic E-state index is -2.10. The van der Waals surface area contributed by atoms with Gasteiger partial charge in [-0.25, -0.2) is 47.8 Å². The van der Waals surface area contributed by atoms with Gasteiger partial charge in [0.05, 0.1) is 83.0 Å². The molecule has 0 amide bonds. The molecule has 0 aliphatic rings. The minimum absolute atomic E-state index is 0.266. The zero-order valence-corrected chi connectivity index (χ0v) is 72.8. The van der Waals surface area contributed by atoms with Crippen molar-refractivity contribution >= 4 is 83.4 Å². The number of aromatic nitrogens is 15. The molecule has 20 aromatic rings. The van der Waals surface area contributed by atoms with Crippen molar-refractivity contribution in [3.8, 4) is 56.3 Å². The third-order valence-corrected chi connectivity index (χ3v) is 23.3. The maximum Gasteiger partial charge on any atom is 0.212 e. The second kappa shape index (κ2) is 32.5. The summed E-state index contributed by atoms with van der Waals surface area (Å²) >= 11 is 0. The van der Waals surface area contributed by atoms with E-state index in [0.717, 1.165) is 118 Å². The Bertz CT molecular complexity index is 7570. The molecule has 0 atom stereocenters. The van der Waals surface area contributed by atoms with Gasteiger partial charge in [0.1, 0.15) is 63.5 Å². The van der Waals surface area contributed by atoms with Crippen molar-refractivity contribution in [2.75, 3.05) is 0 Å². The van der Waals surface area contributed by atoms with Gasteiger partial charge < -0.3 is 0 Å². The van der Waals surface area contributed by atoms with Gasteiger partial charge in [0.15, 0.2) is 31.0 Å². The molecule has 15 aromatic heterocycles. The Morgan fingerprint density at radius 2 is 0.667 bits per heavy atom. The maximum absolute atomic E-state index is 8.35. The fourth-order valence-electron chi connectivity index (χ4n) is 17.0. The Balaban J connectivity index is 0.000000115. The van der Waals surface area contributed by atoms with Gasteiger partial charge in [-0.2, -0.15) is 0 Å². The van der Waals surface area contributed by atoms with Gasteiger partial charge in [-0.05, 0) is 263 Å². The summed E-state index contributed by atoms with van der Waals surface area (Å²) in [7, 11) is 10.3. The summed E-state index contributed by atoms with van der Waals surface area (Å²) in [5.74, 6) is -0.107. The zero-order valence-electron chi connectivity index (χ0n) is 76.8. The minimum Gasteiger partial charge on any atom is -0.300 e. The number of imidazole rings is 5. The van der Waals surface area contributed by atoms with Crippen LogP contribution in [0.5, 0.6) is 0 Å².